The van der Waals surface area contributed by atoms with Crippen molar-refractivity contribution in [3.8, 4) is 0 Å². The standard InChI is InChI=1S/C17H20FNO/c1-13-6-2-3-7-14(13)10-17(11-19,12-20)15-8-4-5-9-16(15)18/h2-9,20H,10-12,19H2,1H3. The zero-order chi connectivity index (χ0) is 14.6. The molecule has 0 aromatic heterocycles. The molecule has 0 amide bonds. The summed E-state index contributed by atoms with van der Waals surface area (Å²) in [6.07, 6.45) is 0.521. The summed E-state index contributed by atoms with van der Waals surface area (Å²) >= 11 is 0. The molecule has 3 heteroatoms. The van der Waals surface area contributed by atoms with E-state index in [2.05, 4.69) is 0 Å². The summed E-state index contributed by atoms with van der Waals surface area (Å²) < 4.78 is 14.1. The number of hydrogen-bond acceptors (Lipinski definition) is 2. The number of aryl methyl sites for hydroxylation is 1. The van der Waals surface area contributed by atoms with Crippen molar-refractivity contribution in [2.75, 3.05) is 13.2 Å². The predicted molar refractivity (Wildman–Crippen MR) is 79.1 cm³/mol. The highest BCUT2D eigenvalue weighted by Crippen LogP contribution is 2.30. The van der Waals surface area contributed by atoms with Crippen LogP contribution in [-0.2, 0) is 11.8 Å². The van der Waals surface area contributed by atoms with Gasteiger partial charge in [-0.3, -0.25) is 0 Å². The molecule has 0 heterocycles. The van der Waals surface area contributed by atoms with E-state index in [1.54, 1.807) is 18.2 Å². The quantitative estimate of drug-likeness (QED) is 0.879. The van der Waals surface area contributed by atoms with E-state index in [-0.39, 0.29) is 19.0 Å². The molecule has 2 aromatic carbocycles. The first kappa shape index (κ1) is 14.7. The molecule has 0 aliphatic heterocycles. The smallest absolute Gasteiger partial charge is 0.127 e. The van der Waals surface area contributed by atoms with Crippen LogP contribution in [-0.4, -0.2) is 18.3 Å². The molecule has 0 saturated carbocycles. The first-order chi connectivity index (χ1) is 9.63. The molecule has 0 radical (unpaired) electrons. The van der Waals surface area contributed by atoms with Crippen LogP contribution in [0.15, 0.2) is 48.5 Å². The summed E-state index contributed by atoms with van der Waals surface area (Å²) in [6.45, 7) is 2.02. The highest BCUT2D eigenvalue weighted by atomic mass is 19.1. The second-order valence-electron chi connectivity index (χ2n) is 5.23. The average Bonchev–Trinajstić information content (AvgIpc) is 2.48. The summed E-state index contributed by atoms with van der Waals surface area (Å²) in [4.78, 5) is 0. The molecule has 0 aliphatic rings. The Morgan fingerprint density at radius 1 is 1.10 bits per heavy atom. The van der Waals surface area contributed by atoms with Crippen molar-refractivity contribution in [2.45, 2.75) is 18.8 Å². The molecule has 1 atom stereocenters. The summed E-state index contributed by atoms with van der Waals surface area (Å²) in [7, 11) is 0. The molecule has 0 aliphatic carbocycles. The van der Waals surface area contributed by atoms with Crippen LogP contribution in [0.1, 0.15) is 16.7 Å². The van der Waals surface area contributed by atoms with Crippen molar-refractivity contribution in [2.24, 2.45) is 5.73 Å². The first-order valence-electron chi connectivity index (χ1n) is 6.73. The maximum Gasteiger partial charge on any atom is 0.127 e. The summed E-state index contributed by atoms with van der Waals surface area (Å²) in [5.41, 5.74) is 7.79. The van der Waals surface area contributed by atoms with Gasteiger partial charge in [-0.05, 0) is 36.1 Å². The molecular formula is C17H20FNO. The monoisotopic (exact) mass is 273 g/mol. The Hall–Kier alpha value is -1.71. The molecule has 2 nitrogen and oxygen atoms in total. The Kier molecular flexibility index (Phi) is 4.53. The molecule has 0 spiro atoms. The normalized spacial score (nSPS) is 14.0. The molecule has 20 heavy (non-hydrogen) atoms. The molecule has 0 bridgehead atoms. The molecule has 1 unspecified atom stereocenters. The number of hydrogen-bond donors (Lipinski definition) is 2. The van der Waals surface area contributed by atoms with Crippen molar-refractivity contribution in [3.63, 3.8) is 0 Å². The van der Waals surface area contributed by atoms with Crippen LogP contribution in [0.4, 0.5) is 4.39 Å². The summed E-state index contributed by atoms with van der Waals surface area (Å²) in [5.74, 6) is -0.319. The van der Waals surface area contributed by atoms with Gasteiger partial charge in [0.15, 0.2) is 0 Å². The SMILES string of the molecule is Cc1ccccc1CC(CN)(CO)c1ccccc1F. The van der Waals surface area contributed by atoms with Crippen LogP contribution in [0.2, 0.25) is 0 Å². The largest absolute Gasteiger partial charge is 0.395 e. The first-order valence-corrected chi connectivity index (χ1v) is 6.73. The van der Waals surface area contributed by atoms with Gasteiger partial charge in [0, 0.05) is 12.0 Å². The van der Waals surface area contributed by atoms with Crippen LogP contribution in [0, 0.1) is 12.7 Å². The number of aliphatic hydroxyl groups excluding tert-OH is 1. The van der Waals surface area contributed by atoms with Gasteiger partial charge >= 0.3 is 0 Å². The van der Waals surface area contributed by atoms with Crippen LogP contribution in [0.3, 0.4) is 0 Å². The summed E-state index contributed by atoms with van der Waals surface area (Å²) in [5, 5.41) is 9.86. The van der Waals surface area contributed by atoms with Gasteiger partial charge in [-0.2, -0.15) is 0 Å². The fourth-order valence-electron chi connectivity index (χ4n) is 2.55. The van der Waals surface area contributed by atoms with Crippen molar-refractivity contribution in [1.82, 2.24) is 0 Å². The van der Waals surface area contributed by atoms with E-state index in [4.69, 9.17) is 5.73 Å². The second kappa shape index (κ2) is 6.16. The third-order valence-corrected chi connectivity index (χ3v) is 3.93. The van der Waals surface area contributed by atoms with Crippen LogP contribution in [0.25, 0.3) is 0 Å². The lowest BCUT2D eigenvalue weighted by Gasteiger charge is -2.32. The molecule has 106 valence electrons. The van der Waals surface area contributed by atoms with E-state index < -0.39 is 5.41 Å². The maximum absolute atomic E-state index is 14.1. The Balaban J connectivity index is 2.46. The number of benzene rings is 2. The van der Waals surface area contributed by atoms with Gasteiger partial charge < -0.3 is 10.8 Å². The summed E-state index contributed by atoms with van der Waals surface area (Å²) in [6, 6.07) is 14.4. The zero-order valence-electron chi connectivity index (χ0n) is 11.6. The third kappa shape index (κ3) is 2.74. The van der Waals surface area contributed by atoms with E-state index >= 15 is 0 Å². The van der Waals surface area contributed by atoms with E-state index in [0.29, 0.717) is 12.0 Å². The van der Waals surface area contributed by atoms with E-state index in [1.165, 1.54) is 6.07 Å². The molecule has 0 fully saturated rings. The van der Waals surface area contributed by atoms with Gasteiger partial charge in [0.25, 0.3) is 0 Å². The van der Waals surface area contributed by atoms with E-state index in [1.807, 2.05) is 31.2 Å². The van der Waals surface area contributed by atoms with E-state index in [0.717, 1.165) is 11.1 Å². The van der Waals surface area contributed by atoms with Crippen molar-refractivity contribution >= 4 is 0 Å². The highest BCUT2D eigenvalue weighted by Gasteiger charge is 2.33. The lowest BCUT2D eigenvalue weighted by molar-refractivity contribution is 0.192. The van der Waals surface area contributed by atoms with Crippen molar-refractivity contribution in [1.29, 1.82) is 0 Å². The van der Waals surface area contributed by atoms with Crippen LogP contribution in [0.5, 0.6) is 0 Å². The number of nitrogens with two attached hydrogens (primary N) is 1. The average molecular weight is 273 g/mol. The maximum atomic E-state index is 14.1. The Morgan fingerprint density at radius 3 is 2.35 bits per heavy atom. The van der Waals surface area contributed by atoms with Crippen LogP contribution >= 0.6 is 0 Å². The second-order valence-corrected chi connectivity index (χ2v) is 5.23. The van der Waals surface area contributed by atoms with E-state index in [9.17, 15) is 9.50 Å². The third-order valence-electron chi connectivity index (χ3n) is 3.93. The number of aliphatic hydroxyl groups is 1. The molecule has 0 saturated heterocycles. The molecule has 3 N–H and O–H groups in total. The minimum atomic E-state index is -0.780. The zero-order valence-corrected chi connectivity index (χ0v) is 11.6. The topological polar surface area (TPSA) is 46.2 Å². The highest BCUT2D eigenvalue weighted by molar-refractivity contribution is 5.34. The Morgan fingerprint density at radius 2 is 1.75 bits per heavy atom. The van der Waals surface area contributed by atoms with Gasteiger partial charge in [-0.25, -0.2) is 4.39 Å². The van der Waals surface area contributed by atoms with Crippen molar-refractivity contribution in [3.05, 3.63) is 71.0 Å². The predicted octanol–water partition coefficient (Wildman–Crippen LogP) is 2.57. The van der Waals surface area contributed by atoms with Gasteiger partial charge in [0.2, 0.25) is 0 Å². The Bertz CT molecular complexity index is 579. The van der Waals surface area contributed by atoms with Gasteiger partial charge in [-0.1, -0.05) is 42.5 Å². The molecular weight excluding hydrogens is 253 g/mol. The lowest BCUT2D eigenvalue weighted by atomic mass is 9.75. The minimum Gasteiger partial charge on any atom is -0.395 e. The lowest BCUT2D eigenvalue weighted by Crippen LogP contribution is -2.42. The van der Waals surface area contributed by atoms with Gasteiger partial charge in [-0.15, -0.1) is 0 Å². The fraction of sp³-hybridized carbons (Fsp3) is 0.294. The molecule has 2 aromatic rings. The van der Waals surface area contributed by atoms with Crippen molar-refractivity contribution < 1.29 is 9.50 Å². The van der Waals surface area contributed by atoms with Gasteiger partial charge in [0.05, 0.1) is 6.61 Å². The molecule has 2 rings (SSSR count). The number of rotatable bonds is 5. The minimum absolute atomic E-state index is 0.182. The van der Waals surface area contributed by atoms with Crippen LogP contribution < -0.4 is 5.73 Å². The van der Waals surface area contributed by atoms with Gasteiger partial charge in [0.1, 0.15) is 5.82 Å². The Labute approximate surface area is 119 Å². The fourth-order valence-corrected chi connectivity index (χ4v) is 2.55. The number of halogens is 1.